The average Bonchev–Trinajstić information content (AvgIpc) is 2.96. The largest absolute Gasteiger partial charge is 0.380 e. The van der Waals surface area contributed by atoms with Crippen molar-refractivity contribution < 1.29 is 4.74 Å². The first kappa shape index (κ1) is 13.4. The number of methoxy groups -OCH3 is 1. The van der Waals surface area contributed by atoms with Gasteiger partial charge in [0.25, 0.3) is 0 Å². The van der Waals surface area contributed by atoms with E-state index in [1.165, 1.54) is 11.3 Å². The molecule has 0 radical (unpaired) electrons. The highest BCUT2D eigenvalue weighted by atomic mass is 16.5. The van der Waals surface area contributed by atoms with Crippen molar-refractivity contribution in [1.82, 2.24) is 4.98 Å². The molecule has 0 aliphatic carbocycles. The molecule has 4 rings (SSSR count). The van der Waals surface area contributed by atoms with Crippen molar-refractivity contribution in [1.29, 1.82) is 0 Å². The maximum absolute atomic E-state index is 5.46. The van der Waals surface area contributed by atoms with Crippen LogP contribution < -0.4 is 15.5 Å². The van der Waals surface area contributed by atoms with Gasteiger partial charge in [0.15, 0.2) is 0 Å². The van der Waals surface area contributed by atoms with Gasteiger partial charge in [0.2, 0.25) is 0 Å². The normalized spacial score (nSPS) is 19.7. The lowest BCUT2D eigenvalue weighted by atomic mass is 10.2. The molecule has 2 N–H and O–H groups in total. The molecule has 1 fully saturated rings. The van der Waals surface area contributed by atoms with Gasteiger partial charge in [-0.3, -0.25) is 0 Å². The van der Waals surface area contributed by atoms with Crippen molar-refractivity contribution in [3.05, 3.63) is 42.1 Å². The van der Waals surface area contributed by atoms with E-state index in [0.717, 1.165) is 43.2 Å². The highest BCUT2D eigenvalue weighted by Gasteiger charge is 2.23. The van der Waals surface area contributed by atoms with Gasteiger partial charge in [-0.25, -0.2) is 4.98 Å². The van der Waals surface area contributed by atoms with Crippen LogP contribution in [0.5, 0.6) is 0 Å². The zero-order valence-electron chi connectivity index (χ0n) is 12.7. The van der Waals surface area contributed by atoms with Crippen LogP contribution in [0.15, 0.2) is 36.5 Å². The Labute approximate surface area is 130 Å². The molecule has 5 heteroatoms. The number of nitrogens with one attached hydrogen (secondary N) is 2. The summed E-state index contributed by atoms with van der Waals surface area (Å²) in [5.74, 6) is 0.933. The third-order valence-corrected chi connectivity index (χ3v) is 4.46. The molecule has 114 valence electrons. The van der Waals surface area contributed by atoms with E-state index in [9.17, 15) is 0 Å². The highest BCUT2D eigenvalue weighted by Crippen LogP contribution is 2.34. The number of hydrogen-bond acceptors (Lipinski definition) is 5. The molecule has 2 aliphatic rings. The zero-order chi connectivity index (χ0) is 14.9. The number of nitrogens with zero attached hydrogens (tertiary/aromatic N) is 2. The van der Waals surface area contributed by atoms with Crippen molar-refractivity contribution in [3.63, 3.8) is 0 Å². The molecule has 1 aromatic carbocycles. The van der Waals surface area contributed by atoms with Gasteiger partial charge in [-0.2, -0.15) is 0 Å². The van der Waals surface area contributed by atoms with E-state index in [1.54, 1.807) is 7.11 Å². The van der Waals surface area contributed by atoms with Crippen LogP contribution >= 0.6 is 0 Å². The molecule has 1 atom stereocenters. The molecule has 1 saturated heterocycles. The minimum absolute atomic E-state index is 0.346. The molecule has 2 aliphatic heterocycles. The molecule has 22 heavy (non-hydrogen) atoms. The number of pyridine rings is 1. The Kier molecular flexibility index (Phi) is 3.35. The van der Waals surface area contributed by atoms with E-state index in [-0.39, 0.29) is 0 Å². The Morgan fingerprint density at radius 1 is 1.27 bits per heavy atom. The van der Waals surface area contributed by atoms with Crippen LogP contribution in [-0.4, -0.2) is 31.3 Å². The summed E-state index contributed by atoms with van der Waals surface area (Å²) in [4.78, 5) is 6.80. The van der Waals surface area contributed by atoms with E-state index >= 15 is 0 Å². The van der Waals surface area contributed by atoms with Crippen LogP contribution in [0.4, 0.5) is 22.9 Å². The van der Waals surface area contributed by atoms with E-state index < -0.39 is 0 Å². The predicted molar refractivity (Wildman–Crippen MR) is 88.9 cm³/mol. The fourth-order valence-electron chi connectivity index (χ4n) is 3.15. The van der Waals surface area contributed by atoms with E-state index in [4.69, 9.17) is 4.74 Å². The second-order valence-corrected chi connectivity index (χ2v) is 5.81. The summed E-state index contributed by atoms with van der Waals surface area (Å²) in [5.41, 5.74) is 4.62. The second-order valence-electron chi connectivity index (χ2n) is 5.81. The van der Waals surface area contributed by atoms with Crippen molar-refractivity contribution in [3.8, 4) is 0 Å². The topological polar surface area (TPSA) is 49.4 Å². The minimum atomic E-state index is 0.346. The standard InChI is InChI=1S/C17H20N4O/c1-22-14-6-8-21(11-14)13-4-5-15-16(9-13)19-10-12-3-2-7-18-17(12)20-15/h2-5,7,9,14,19H,6,8,10-11H2,1H3,(H,18,20). The number of aromatic nitrogens is 1. The number of hydrogen-bond donors (Lipinski definition) is 2. The van der Waals surface area contributed by atoms with Crippen molar-refractivity contribution >= 4 is 22.9 Å². The van der Waals surface area contributed by atoms with Crippen LogP contribution in [0.3, 0.4) is 0 Å². The van der Waals surface area contributed by atoms with Gasteiger partial charge in [0, 0.05) is 44.2 Å². The maximum atomic E-state index is 5.46. The summed E-state index contributed by atoms with van der Waals surface area (Å²) < 4.78 is 5.46. The molecular formula is C17H20N4O. The van der Waals surface area contributed by atoms with Gasteiger partial charge in [-0.15, -0.1) is 0 Å². The average molecular weight is 296 g/mol. The predicted octanol–water partition coefficient (Wildman–Crippen LogP) is 2.98. The third kappa shape index (κ3) is 2.37. The van der Waals surface area contributed by atoms with E-state index in [1.807, 2.05) is 12.3 Å². The Hall–Kier alpha value is -2.27. The monoisotopic (exact) mass is 296 g/mol. The quantitative estimate of drug-likeness (QED) is 0.892. The van der Waals surface area contributed by atoms with Gasteiger partial charge >= 0.3 is 0 Å². The summed E-state index contributed by atoms with van der Waals surface area (Å²) in [7, 11) is 1.79. The lowest BCUT2D eigenvalue weighted by molar-refractivity contribution is 0.121. The second kappa shape index (κ2) is 5.50. The maximum Gasteiger partial charge on any atom is 0.135 e. The SMILES string of the molecule is COC1CCN(c2ccc3c(c2)NCc2cccnc2N3)C1. The third-order valence-electron chi connectivity index (χ3n) is 4.46. The lowest BCUT2D eigenvalue weighted by Gasteiger charge is -2.20. The summed E-state index contributed by atoms with van der Waals surface area (Å²) in [6.45, 7) is 2.80. The number of rotatable bonds is 2. The van der Waals surface area contributed by atoms with E-state index in [2.05, 4.69) is 44.8 Å². The van der Waals surface area contributed by atoms with Gasteiger partial charge in [-0.1, -0.05) is 6.07 Å². The van der Waals surface area contributed by atoms with Crippen molar-refractivity contribution in [2.24, 2.45) is 0 Å². The van der Waals surface area contributed by atoms with Crippen molar-refractivity contribution in [2.75, 3.05) is 35.7 Å². The Bertz CT molecular complexity index is 688. The smallest absolute Gasteiger partial charge is 0.135 e. The Morgan fingerprint density at radius 3 is 3.09 bits per heavy atom. The minimum Gasteiger partial charge on any atom is -0.380 e. The van der Waals surface area contributed by atoms with Crippen LogP contribution in [0.2, 0.25) is 0 Å². The van der Waals surface area contributed by atoms with Gasteiger partial charge in [0.1, 0.15) is 5.82 Å². The Morgan fingerprint density at radius 2 is 2.23 bits per heavy atom. The van der Waals surface area contributed by atoms with Crippen molar-refractivity contribution in [2.45, 2.75) is 19.1 Å². The fourth-order valence-corrected chi connectivity index (χ4v) is 3.15. The number of ether oxygens (including phenoxy) is 1. The fraction of sp³-hybridized carbons (Fsp3) is 0.353. The molecule has 0 bridgehead atoms. The highest BCUT2D eigenvalue weighted by molar-refractivity contribution is 5.79. The summed E-state index contributed by atoms with van der Waals surface area (Å²) in [6.07, 6.45) is 3.26. The summed E-state index contributed by atoms with van der Waals surface area (Å²) in [6, 6.07) is 10.6. The van der Waals surface area contributed by atoms with Gasteiger partial charge in [0.05, 0.1) is 17.5 Å². The molecule has 2 aromatic rings. The number of anilines is 4. The van der Waals surface area contributed by atoms with E-state index in [0.29, 0.717) is 6.10 Å². The molecule has 3 heterocycles. The zero-order valence-corrected chi connectivity index (χ0v) is 12.7. The Balaban J connectivity index is 1.61. The van der Waals surface area contributed by atoms with Gasteiger partial charge in [-0.05, 0) is 30.7 Å². The van der Waals surface area contributed by atoms with Crippen LogP contribution in [0.25, 0.3) is 0 Å². The molecule has 0 saturated carbocycles. The first-order chi connectivity index (χ1) is 10.8. The number of benzene rings is 1. The number of fused-ring (bicyclic) bond motifs is 2. The lowest BCUT2D eigenvalue weighted by Crippen LogP contribution is -2.22. The molecule has 0 amide bonds. The molecule has 1 aromatic heterocycles. The first-order valence-corrected chi connectivity index (χ1v) is 7.70. The summed E-state index contributed by atoms with van der Waals surface area (Å²) >= 11 is 0. The summed E-state index contributed by atoms with van der Waals surface area (Å²) in [5, 5.41) is 6.93. The van der Waals surface area contributed by atoms with Gasteiger partial charge < -0.3 is 20.3 Å². The molecular weight excluding hydrogens is 276 g/mol. The van der Waals surface area contributed by atoms with Crippen LogP contribution in [0.1, 0.15) is 12.0 Å². The van der Waals surface area contributed by atoms with Crippen LogP contribution in [-0.2, 0) is 11.3 Å². The van der Waals surface area contributed by atoms with Crippen LogP contribution in [0, 0.1) is 0 Å². The molecule has 1 unspecified atom stereocenters. The first-order valence-electron chi connectivity index (χ1n) is 7.70. The molecule has 5 nitrogen and oxygen atoms in total. The molecule has 0 spiro atoms.